The maximum Gasteiger partial charge on any atom is 0.417 e. The van der Waals surface area contributed by atoms with E-state index in [1.807, 2.05) is 64.2 Å². The molecular formula is C59H84F3N3O4. The van der Waals surface area contributed by atoms with Crippen LogP contribution in [0.1, 0.15) is 166 Å². The van der Waals surface area contributed by atoms with Gasteiger partial charge in [0.1, 0.15) is 11.5 Å². The van der Waals surface area contributed by atoms with Crippen LogP contribution in [-0.4, -0.2) is 66.3 Å². The zero-order valence-electron chi connectivity index (χ0n) is 43.7. The fourth-order valence-electron chi connectivity index (χ4n) is 8.75. The molecule has 2 aliphatic heterocycles. The van der Waals surface area contributed by atoms with Gasteiger partial charge in [0, 0.05) is 59.0 Å². The first-order chi connectivity index (χ1) is 32.8. The minimum Gasteiger partial charge on any atom is -0.494 e. The number of fused-ring (bicyclic) bond motifs is 1. The number of hydrogen-bond donors (Lipinski definition) is 1. The van der Waals surface area contributed by atoms with E-state index in [1.165, 1.54) is 37.6 Å². The van der Waals surface area contributed by atoms with Crippen molar-refractivity contribution >= 4 is 40.2 Å². The highest BCUT2D eigenvalue weighted by Gasteiger charge is 2.42. The fraction of sp³-hybridized carbons (Fsp3) is 0.559. The van der Waals surface area contributed by atoms with Crippen molar-refractivity contribution in [1.29, 1.82) is 0 Å². The van der Waals surface area contributed by atoms with Gasteiger partial charge >= 0.3 is 6.18 Å². The van der Waals surface area contributed by atoms with E-state index in [4.69, 9.17) is 9.47 Å². The smallest absolute Gasteiger partial charge is 0.417 e. The number of unbranched alkanes of at least 4 members (excludes halogenated alkanes) is 1. The lowest BCUT2D eigenvalue weighted by Gasteiger charge is -2.34. The molecule has 6 rings (SSSR count). The second-order valence-electron chi connectivity index (χ2n) is 20.0. The van der Waals surface area contributed by atoms with E-state index in [2.05, 4.69) is 81.8 Å². The Labute approximate surface area is 412 Å². The van der Waals surface area contributed by atoms with Gasteiger partial charge in [-0.05, 0) is 156 Å². The predicted molar refractivity (Wildman–Crippen MR) is 282 cm³/mol. The van der Waals surface area contributed by atoms with Gasteiger partial charge in [-0.2, -0.15) is 13.2 Å². The summed E-state index contributed by atoms with van der Waals surface area (Å²) in [5.74, 6) is 3.14. The first kappa shape index (κ1) is 56.9. The molecule has 3 aliphatic rings. The van der Waals surface area contributed by atoms with Crippen LogP contribution in [0.2, 0.25) is 0 Å². The second kappa shape index (κ2) is 27.7. The van der Waals surface area contributed by atoms with Crippen molar-refractivity contribution in [2.75, 3.05) is 26.7 Å². The third kappa shape index (κ3) is 16.7. The summed E-state index contributed by atoms with van der Waals surface area (Å²) < 4.78 is 55.1. The minimum atomic E-state index is -4.47. The van der Waals surface area contributed by atoms with Crippen molar-refractivity contribution in [2.24, 2.45) is 24.8 Å². The largest absolute Gasteiger partial charge is 0.494 e. The molecule has 1 N–H and O–H groups in total. The van der Waals surface area contributed by atoms with E-state index in [0.29, 0.717) is 23.2 Å². The molecular weight excluding hydrogens is 872 g/mol. The molecule has 1 saturated carbocycles. The third-order valence-electron chi connectivity index (χ3n) is 14.1. The van der Waals surface area contributed by atoms with E-state index in [9.17, 15) is 22.8 Å². The molecule has 7 nitrogen and oxygen atoms in total. The summed E-state index contributed by atoms with van der Waals surface area (Å²) in [6.45, 7) is 27.5. The van der Waals surface area contributed by atoms with Crippen molar-refractivity contribution in [3.8, 4) is 5.75 Å². The first-order valence-electron chi connectivity index (χ1n) is 25.8. The summed E-state index contributed by atoms with van der Waals surface area (Å²) in [6.07, 6.45) is 15.6. The van der Waals surface area contributed by atoms with Gasteiger partial charge in [-0.15, -0.1) is 0 Å². The molecule has 1 aromatic heterocycles. The fourth-order valence-corrected chi connectivity index (χ4v) is 8.75. The molecule has 69 heavy (non-hydrogen) atoms. The molecule has 1 aliphatic carbocycles. The van der Waals surface area contributed by atoms with Gasteiger partial charge < -0.3 is 24.3 Å². The number of likely N-dealkylation sites (tertiary alicyclic amines) is 1. The average Bonchev–Trinajstić information content (AvgIpc) is 3.57. The maximum absolute atomic E-state index is 13.8. The number of halogens is 3. The number of rotatable bonds is 20. The van der Waals surface area contributed by atoms with Crippen LogP contribution < -0.4 is 20.6 Å². The number of alkyl halides is 3. The number of allylic oxidation sites excluding steroid dienone is 4. The van der Waals surface area contributed by atoms with Gasteiger partial charge in [-0.3, -0.25) is 9.59 Å². The Morgan fingerprint density at radius 1 is 0.942 bits per heavy atom. The van der Waals surface area contributed by atoms with Crippen molar-refractivity contribution in [3.05, 3.63) is 106 Å². The Hall–Kier alpha value is -4.67. The summed E-state index contributed by atoms with van der Waals surface area (Å²) in [4.78, 5) is 26.3. The maximum atomic E-state index is 13.8. The number of nitrogens with one attached hydrogen (secondary N) is 1. The van der Waals surface area contributed by atoms with Crippen LogP contribution in [0.4, 0.5) is 13.2 Å². The lowest BCUT2D eigenvalue weighted by Crippen LogP contribution is -2.42. The zero-order valence-corrected chi connectivity index (χ0v) is 43.7. The Kier molecular flexibility index (Phi) is 22.8. The quantitative estimate of drug-likeness (QED) is 0.0899. The van der Waals surface area contributed by atoms with E-state index in [1.54, 1.807) is 12.3 Å². The van der Waals surface area contributed by atoms with Gasteiger partial charge in [-0.1, -0.05) is 104 Å². The van der Waals surface area contributed by atoms with Crippen molar-refractivity contribution < 1.29 is 32.2 Å². The topological polar surface area (TPSA) is 72.8 Å². The van der Waals surface area contributed by atoms with E-state index < -0.39 is 18.0 Å². The van der Waals surface area contributed by atoms with Crippen LogP contribution in [0, 0.1) is 17.8 Å². The van der Waals surface area contributed by atoms with Crippen LogP contribution in [0.25, 0.3) is 28.6 Å². The molecule has 380 valence electrons. The second-order valence-corrected chi connectivity index (χ2v) is 20.0. The number of carbonyl (C=O) groups excluding carboxylic acids is 2. The molecule has 0 spiro atoms. The van der Waals surface area contributed by atoms with Gasteiger partial charge in [0.05, 0.1) is 18.3 Å². The van der Waals surface area contributed by atoms with Crippen molar-refractivity contribution in [3.63, 3.8) is 0 Å². The summed E-state index contributed by atoms with van der Waals surface area (Å²) in [7, 11) is 4.16. The molecule has 3 aromatic rings. The molecule has 10 heteroatoms. The summed E-state index contributed by atoms with van der Waals surface area (Å²) in [5.41, 5.74) is 4.65. The third-order valence-corrected chi connectivity index (χ3v) is 14.1. The summed E-state index contributed by atoms with van der Waals surface area (Å²) >= 11 is 0. The van der Waals surface area contributed by atoms with Crippen molar-refractivity contribution in [2.45, 2.75) is 163 Å². The number of ketones is 2. The highest BCUT2D eigenvalue weighted by atomic mass is 19.4. The molecule has 2 aromatic carbocycles. The average molecular weight is 956 g/mol. The monoisotopic (exact) mass is 956 g/mol. The predicted octanol–water partition coefficient (Wildman–Crippen LogP) is 13.6. The molecule has 1 saturated heterocycles. The van der Waals surface area contributed by atoms with Crippen LogP contribution >= 0.6 is 0 Å². The van der Waals surface area contributed by atoms with Gasteiger partial charge in [0.25, 0.3) is 0 Å². The SMILES string of the molecule is C=C(C)C(C)CCC(=O)CCC.C=C/C=c1\c(=C/CCC)c2ccc(C3=CNC(OC4CCC4)C(C(F)(F)F)=C3)cc2n1C.CCC(C)C(=O)c1cc(OCCC2CCN(C)CC2)ccc1C(C)C. The highest BCUT2D eigenvalue weighted by Crippen LogP contribution is 2.37. The molecule has 0 radical (unpaired) electrons. The first-order valence-corrected chi connectivity index (χ1v) is 25.8. The van der Waals surface area contributed by atoms with Gasteiger partial charge in [0.2, 0.25) is 0 Å². The van der Waals surface area contributed by atoms with Gasteiger partial charge in [-0.25, -0.2) is 0 Å². The number of aryl methyl sites for hydroxylation is 1. The number of Topliss-reactive ketones (excluding diaryl/α,β-unsaturated/α-hetero) is 2. The summed E-state index contributed by atoms with van der Waals surface area (Å²) in [6, 6.07) is 11.9. The molecule has 0 bridgehead atoms. The lowest BCUT2D eigenvalue weighted by molar-refractivity contribution is -0.128. The van der Waals surface area contributed by atoms with Crippen molar-refractivity contribution in [1.82, 2.24) is 14.8 Å². The van der Waals surface area contributed by atoms with E-state index in [-0.39, 0.29) is 17.8 Å². The molecule has 3 unspecified atom stereocenters. The number of aromatic nitrogens is 1. The Balaban J connectivity index is 0.000000249. The molecule has 3 heterocycles. The van der Waals surface area contributed by atoms with E-state index >= 15 is 0 Å². The number of hydrogen-bond acceptors (Lipinski definition) is 6. The minimum absolute atomic E-state index is 0.0620. The van der Waals surface area contributed by atoms with Crippen LogP contribution in [-0.2, 0) is 16.6 Å². The van der Waals surface area contributed by atoms with Crippen LogP contribution in [0.15, 0.2) is 79.1 Å². The van der Waals surface area contributed by atoms with Gasteiger partial charge in [0.15, 0.2) is 12.0 Å². The number of dihydropyridines is 1. The number of carbonyl (C=O) groups is 2. The normalized spacial score (nSPS) is 18.2. The number of ether oxygens (including phenoxy) is 2. The molecule has 2 fully saturated rings. The summed E-state index contributed by atoms with van der Waals surface area (Å²) in [5, 5.41) is 6.09. The van der Waals surface area contributed by atoms with Crippen LogP contribution in [0.5, 0.6) is 5.75 Å². The van der Waals surface area contributed by atoms with Crippen LogP contribution in [0.3, 0.4) is 0 Å². The Bertz CT molecular complexity index is 2360. The molecule has 0 amide bonds. The standard InChI is InChI=1S/C26H29F3N2O.C22H35NO2.C11H20O/c1-4-6-11-20-21-13-12-17(15-24(21)31(3)23(20)8-5-2)18-14-22(26(27,28)29)25(30-16-18)32-19-9-7-10-19;1-6-17(4)22(24)21-15-19(7-8-20(21)16(2)3)25-14-11-18-9-12-23(5)13-10-18;1-5-6-11(12)8-7-10(4)9(2)3/h5,8,11-16,19,25,30H,2,4,6-7,9-10H2,1,3H3;7-8,15-18H,6,9-14H2,1-5H3;10H,2,5-8H2,1,3-4H3/b20-11-,23-8+;;. The number of benzene rings is 2. The van der Waals surface area contributed by atoms with E-state index in [0.717, 1.165) is 127 Å². The number of piperidine rings is 1. The Morgan fingerprint density at radius 3 is 2.23 bits per heavy atom. The lowest BCUT2D eigenvalue weighted by atomic mass is 9.89. The zero-order chi connectivity index (χ0) is 50.8. The highest BCUT2D eigenvalue weighted by molar-refractivity contribution is 5.99. The molecule has 3 atom stereocenters. The Morgan fingerprint density at radius 2 is 1.65 bits per heavy atom. The number of nitrogens with zero attached hydrogens (tertiary/aromatic N) is 2.